The molecule has 0 aliphatic carbocycles. The van der Waals surface area contributed by atoms with E-state index in [9.17, 15) is 22.8 Å². The van der Waals surface area contributed by atoms with Crippen molar-refractivity contribution in [2.24, 2.45) is 7.05 Å². The van der Waals surface area contributed by atoms with Crippen LogP contribution in [0, 0.1) is 6.92 Å². The van der Waals surface area contributed by atoms with Crippen LogP contribution < -0.4 is 10.7 Å². The molecule has 0 unspecified atom stereocenters. The van der Waals surface area contributed by atoms with Crippen LogP contribution in [0.4, 0.5) is 19.0 Å². The number of carbonyl (C=O) groups is 1. The Morgan fingerprint density at radius 2 is 1.62 bits per heavy atom. The van der Waals surface area contributed by atoms with E-state index in [0.717, 1.165) is 17.7 Å². The Labute approximate surface area is 181 Å². The van der Waals surface area contributed by atoms with Crippen molar-refractivity contribution in [3.05, 3.63) is 99.7 Å². The average molecular weight is 436 g/mol. The van der Waals surface area contributed by atoms with Gasteiger partial charge < -0.3 is 9.88 Å². The first-order valence-electron chi connectivity index (χ1n) is 9.85. The number of aromatic nitrogens is 1. The molecule has 0 fully saturated rings. The summed E-state index contributed by atoms with van der Waals surface area (Å²) in [5, 5.41) is 3.11. The van der Waals surface area contributed by atoms with Crippen LogP contribution >= 0.6 is 0 Å². The Bertz CT molecular complexity index is 1400. The highest BCUT2D eigenvalue weighted by Crippen LogP contribution is 2.34. The van der Waals surface area contributed by atoms with Gasteiger partial charge in [-0.3, -0.25) is 9.59 Å². The van der Waals surface area contributed by atoms with Gasteiger partial charge in [0, 0.05) is 18.0 Å². The Hall–Kier alpha value is -3.87. The van der Waals surface area contributed by atoms with Gasteiger partial charge in [0.05, 0.1) is 16.6 Å². The number of aryl methyl sites for hydroxylation is 2. The van der Waals surface area contributed by atoms with E-state index in [-0.39, 0.29) is 16.9 Å². The maximum atomic E-state index is 13.4. The molecular formula is C25H19F3N2O2. The molecule has 0 radical (unpaired) electrons. The molecule has 162 valence electrons. The average Bonchev–Trinajstić information content (AvgIpc) is 2.77. The molecule has 4 nitrogen and oxygen atoms in total. The van der Waals surface area contributed by atoms with Gasteiger partial charge in [0.25, 0.3) is 5.91 Å². The number of carbonyl (C=O) groups excluding carboxylic acids is 1. The van der Waals surface area contributed by atoms with Gasteiger partial charge >= 0.3 is 6.18 Å². The second-order valence-electron chi connectivity index (χ2n) is 7.48. The van der Waals surface area contributed by atoms with Crippen LogP contribution in [0.25, 0.3) is 22.0 Å². The lowest BCUT2D eigenvalue weighted by molar-refractivity contribution is -0.137. The minimum Gasteiger partial charge on any atom is -0.330 e. The van der Waals surface area contributed by atoms with E-state index in [1.54, 1.807) is 67.1 Å². The van der Waals surface area contributed by atoms with Crippen molar-refractivity contribution in [1.82, 2.24) is 4.57 Å². The summed E-state index contributed by atoms with van der Waals surface area (Å²) in [5.41, 5.74) is 0.429. The van der Waals surface area contributed by atoms with Gasteiger partial charge in [-0.05, 0) is 48.4 Å². The number of hydrogen-bond donors (Lipinski definition) is 1. The van der Waals surface area contributed by atoms with Gasteiger partial charge in [-0.1, -0.05) is 42.5 Å². The fourth-order valence-corrected chi connectivity index (χ4v) is 3.76. The molecule has 0 bridgehead atoms. The number of nitrogens with zero attached hydrogens (tertiary/aromatic N) is 1. The summed E-state index contributed by atoms with van der Waals surface area (Å²) in [6.45, 7) is 1.78. The van der Waals surface area contributed by atoms with Gasteiger partial charge in [0.1, 0.15) is 5.82 Å². The van der Waals surface area contributed by atoms with Crippen LogP contribution in [-0.2, 0) is 13.2 Å². The fourth-order valence-electron chi connectivity index (χ4n) is 3.76. The fraction of sp³-hybridized carbons (Fsp3) is 0.120. The molecule has 1 aromatic heterocycles. The molecule has 0 aliphatic heterocycles. The summed E-state index contributed by atoms with van der Waals surface area (Å²) in [7, 11) is 1.66. The number of nitrogens with one attached hydrogen (secondary N) is 1. The van der Waals surface area contributed by atoms with E-state index < -0.39 is 23.1 Å². The third-order valence-corrected chi connectivity index (χ3v) is 5.41. The van der Waals surface area contributed by atoms with E-state index in [1.807, 2.05) is 0 Å². The number of alkyl halides is 3. The number of amides is 1. The van der Waals surface area contributed by atoms with Crippen LogP contribution in [0.15, 0.2) is 77.6 Å². The number of fused-ring (bicyclic) bond motifs is 1. The first-order chi connectivity index (χ1) is 15.2. The molecule has 1 heterocycles. The SMILES string of the molecule is Cc1ccccc1C(=O)Nc1c(-c2cccc(C(F)(F)F)c2)c(=O)c2ccccc2n1C. The Morgan fingerprint density at radius 3 is 2.34 bits per heavy atom. The Morgan fingerprint density at radius 1 is 0.938 bits per heavy atom. The summed E-state index contributed by atoms with van der Waals surface area (Å²) in [5.74, 6) is -0.331. The number of rotatable bonds is 3. The van der Waals surface area contributed by atoms with E-state index in [0.29, 0.717) is 16.5 Å². The number of hydrogen-bond acceptors (Lipinski definition) is 2. The first kappa shape index (κ1) is 21.4. The molecule has 32 heavy (non-hydrogen) atoms. The van der Waals surface area contributed by atoms with Crippen molar-refractivity contribution in [3.8, 4) is 11.1 Å². The number of anilines is 1. The Kier molecular flexibility index (Phi) is 5.34. The van der Waals surface area contributed by atoms with E-state index in [4.69, 9.17) is 0 Å². The molecule has 7 heteroatoms. The quantitative estimate of drug-likeness (QED) is 0.442. The molecule has 0 spiro atoms. The van der Waals surface area contributed by atoms with E-state index in [2.05, 4.69) is 5.32 Å². The molecule has 4 aromatic rings. The molecule has 0 aliphatic rings. The van der Waals surface area contributed by atoms with Crippen molar-refractivity contribution >= 4 is 22.6 Å². The van der Waals surface area contributed by atoms with Gasteiger partial charge in [-0.25, -0.2) is 0 Å². The second-order valence-corrected chi connectivity index (χ2v) is 7.48. The smallest absolute Gasteiger partial charge is 0.330 e. The maximum Gasteiger partial charge on any atom is 0.416 e. The second kappa shape index (κ2) is 8.00. The number of halogens is 3. The number of benzene rings is 3. The summed E-state index contributed by atoms with van der Waals surface area (Å²) in [4.78, 5) is 26.4. The van der Waals surface area contributed by atoms with Crippen LogP contribution in [0.5, 0.6) is 0 Å². The Balaban J connectivity index is 1.98. The van der Waals surface area contributed by atoms with Crippen molar-refractivity contribution < 1.29 is 18.0 Å². The molecule has 1 N–H and O–H groups in total. The van der Waals surface area contributed by atoms with E-state index in [1.165, 1.54) is 12.1 Å². The van der Waals surface area contributed by atoms with Gasteiger partial charge in [0.15, 0.2) is 5.43 Å². The zero-order valence-electron chi connectivity index (χ0n) is 17.3. The summed E-state index contributed by atoms with van der Waals surface area (Å²) in [6, 6.07) is 18.3. The number of pyridine rings is 1. The third kappa shape index (κ3) is 3.77. The standard InChI is InChI=1S/C25H19F3N2O2/c1-15-8-3-4-11-18(15)24(32)29-23-21(16-9-7-10-17(14-16)25(26,27)28)22(31)19-12-5-6-13-20(19)30(23)2/h3-14H,1-2H3,(H,29,32). The highest BCUT2D eigenvalue weighted by molar-refractivity contribution is 6.07. The van der Waals surface area contributed by atoms with Crippen molar-refractivity contribution in [2.75, 3.05) is 5.32 Å². The molecular weight excluding hydrogens is 417 g/mol. The first-order valence-corrected chi connectivity index (χ1v) is 9.85. The van der Waals surface area contributed by atoms with Gasteiger partial charge in [0.2, 0.25) is 0 Å². The molecule has 0 saturated carbocycles. The maximum absolute atomic E-state index is 13.4. The zero-order valence-corrected chi connectivity index (χ0v) is 17.3. The molecule has 1 amide bonds. The predicted molar refractivity (Wildman–Crippen MR) is 119 cm³/mol. The third-order valence-electron chi connectivity index (χ3n) is 5.41. The lowest BCUT2D eigenvalue weighted by Gasteiger charge is -2.19. The van der Waals surface area contributed by atoms with Gasteiger partial charge in [-0.15, -0.1) is 0 Å². The summed E-state index contributed by atoms with van der Waals surface area (Å²) >= 11 is 0. The van der Waals surface area contributed by atoms with Crippen molar-refractivity contribution in [1.29, 1.82) is 0 Å². The molecule has 0 saturated heterocycles. The predicted octanol–water partition coefficient (Wildman–Crippen LogP) is 5.79. The van der Waals surface area contributed by atoms with E-state index >= 15 is 0 Å². The molecule has 3 aromatic carbocycles. The monoisotopic (exact) mass is 436 g/mol. The summed E-state index contributed by atoms with van der Waals surface area (Å²) < 4.78 is 41.6. The minimum atomic E-state index is -4.57. The summed E-state index contributed by atoms with van der Waals surface area (Å²) in [6.07, 6.45) is -4.57. The van der Waals surface area contributed by atoms with Crippen LogP contribution in [0.1, 0.15) is 21.5 Å². The normalized spacial score (nSPS) is 11.5. The van der Waals surface area contributed by atoms with Crippen LogP contribution in [0.2, 0.25) is 0 Å². The highest BCUT2D eigenvalue weighted by atomic mass is 19.4. The number of para-hydroxylation sites is 1. The highest BCUT2D eigenvalue weighted by Gasteiger charge is 2.31. The minimum absolute atomic E-state index is 0.000709. The van der Waals surface area contributed by atoms with Crippen molar-refractivity contribution in [3.63, 3.8) is 0 Å². The molecule has 0 atom stereocenters. The molecule has 4 rings (SSSR count). The van der Waals surface area contributed by atoms with Gasteiger partial charge in [-0.2, -0.15) is 13.2 Å². The zero-order chi connectivity index (χ0) is 23.0. The lowest BCUT2D eigenvalue weighted by Crippen LogP contribution is -2.22. The van der Waals surface area contributed by atoms with Crippen LogP contribution in [-0.4, -0.2) is 10.5 Å². The van der Waals surface area contributed by atoms with Crippen molar-refractivity contribution in [2.45, 2.75) is 13.1 Å². The topological polar surface area (TPSA) is 51.1 Å². The lowest BCUT2D eigenvalue weighted by atomic mass is 10.00. The largest absolute Gasteiger partial charge is 0.416 e. The van der Waals surface area contributed by atoms with Crippen LogP contribution in [0.3, 0.4) is 0 Å².